The Kier molecular flexibility index (Phi) is 2.90. The molecule has 0 unspecified atom stereocenters. The van der Waals surface area contributed by atoms with Crippen LogP contribution < -0.4 is 5.73 Å². The second-order valence-electron chi connectivity index (χ2n) is 3.58. The minimum absolute atomic E-state index is 0.00792. The van der Waals surface area contributed by atoms with Crippen molar-refractivity contribution in [3.63, 3.8) is 0 Å². The molecule has 0 radical (unpaired) electrons. The van der Waals surface area contributed by atoms with Crippen LogP contribution in [0.3, 0.4) is 0 Å². The van der Waals surface area contributed by atoms with E-state index in [1.807, 2.05) is 0 Å². The molecule has 2 N–H and O–H groups in total. The molecule has 62 valence electrons. The highest BCUT2D eigenvalue weighted by atomic mass is 14.7. The fourth-order valence-corrected chi connectivity index (χ4v) is 1.81. The molecule has 0 aliphatic heterocycles. The zero-order valence-corrected chi connectivity index (χ0v) is 6.97. The quantitative estimate of drug-likeness (QED) is 0.657. The number of nitrogens with zero attached hydrogens (tertiary/aromatic N) is 1. The van der Waals surface area contributed by atoms with Gasteiger partial charge in [0, 0.05) is 12.0 Å². The predicted octanol–water partition coefficient (Wildman–Crippen LogP) is 1.95. The Morgan fingerprint density at radius 2 is 1.91 bits per heavy atom. The van der Waals surface area contributed by atoms with E-state index >= 15 is 0 Å². The van der Waals surface area contributed by atoms with E-state index < -0.39 is 0 Å². The third-order valence-corrected chi connectivity index (χ3v) is 2.58. The van der Waals surface area contributed by atoms with Crippen LogP contribution in [-0.2, 0) is 0 Å². The van der Waals surface area contributed by atoms with Crippen LogP contribution in [0.25, 0.3) is 0 Å². The Morgan fingerprint density at radius 3 is 2.45 bits per heavy atom. The lowest BCUT2D eigenvalue weighted by Crippen LogP contribution is -2.41. The lowest BCUT2D eigenvalue weighted by molar-refractivity contribution is 0.280. The monoisotopic (exact) mass is 152 g/mol. The zero-order valence-electron chi connectivity index (χ0n) is 6.97. The van der Waals surface area contributed by atoms with Crippen LogP contribution in [0.4, 0.5) is 0 Å². The van der Waals surface area contributed by atoms with Crippen molar-refractivity contribution in [2.45, 2.75) is 50.5 Å². The minimum atomic E-state index is 0.00792. The lowest BCUT2D eigenvalue weighted by atomic mass is 9.79. The van der Waals surface area contributed by atoms with Gasteiger partial charge in [0.05, 0.1) is 6.07 Å². The first-order valence-corrected chi connectivity index (χ1v) is 4.43. The van der Waals surface area contributed by atoms with E-state index in [2.05, 4.69) is 6.07 Å². The maximum Gasteiger partial charge on any atom is 0.0622 e. The number of nitriles is 1. The molecule has 0 heterocycles. The molecule has 1 rings (SSSR count). The van der Waals surface area contributed by atoms with E-state index in [1.165, 1.54) is 19.3 Å². The van der Waals surface area contributed by atoms with Crippen LogP contribution in [0.2, 0.25) is 0 Å². The molecule has 0 aromatic rings. The van der Waals surface area contributed by atoms with Gasteiger partial charge in [-0.3, -0.25) is 0 Å². The van der Waals surface area contributed by atoms with Crippen LogP contribution in [-0.4, -0.2) is 5.54 Å². The summed E-state index contributed by atoms with van der Waals surface area (Å²) >= 11 is 0. The molecule has 2 heteroatoms. The molecule has 2 nitrogen and oxygen atoms in total. The predicted molar refractivity (Wildman–Crippen MR) is 44.9 cm³/mol. The Morgan fingerprint density at radius 1 is 1.27 bits per heavy atom. The van der Waals surface area contributed by atoms with Crippen molar-refractivity contribution >= 4 is 0 Å². The average molecular weight is 152 g/mol. The Balaban J connectivity index is 2.32. The molecule has 1 fully saturated rings. The standard InChI is InChI=1S/C9H16N2/c10-8-4-7-9(11)5-2-1-3-6-9/h1-7,11H2. The summed E-state index contributed by atoms with van der Waals surface area (Å²) in [5.74, 6) is 0. The number of nitrogens with two attached hydrogens (primary N) is 1. The highest BCUT2D eigenvalue weighted by molar-refractivity contribution is 4.89. The molecule has 0 saturated heterocycles. The van der Waals surface area contributed by atoms with E-state index in [-0.39, 0.29) is 5.54 Å². The number of hydrogen-bond acceptors (Lipinski definition) is 2. The van der Waals surface area contributed by atoms with Crippen molar-refractivity contribution in [3.8, 4) is 6.07 Å². The topological polar surface area (TPSA) is 49.8 Å². The third kappa shape index (κ3) is 2.51. The van der Waals surface area contributed by atoms with Gasteiger partial charge in [-0.2, -0.15) is 5.26 Å². The molecular formula is C9H16N2. The molecule has 0 amide bonds. The smallest absolute Gasteiger partial charge is 0.0622 e. The summed E-state index contributed by atoms with van der Waals surface area (Å²) in [6, 6.07) is 2.16. The van der Waals surface area contributed by atoms with Gasteiger partial charge in [-0.25, -0.2) is 0 Å². The second-order valence-corrected chi connectivity index (χ2v) is 3.58. The highest BCUT2D eigenvalue weighted by Crippen LogP contribution is 2.29. The fourth-order valence-electron chi connectivity index (χ4n) is 1.81. The molecule has 1 saturated carbocycles. The maximum atomic E-state index is 8.41. The van der Waals surface area contributed by atoms with Crippen molar-refractivity contribution in [2.75, 3.05) is 0 Å². The van der Waals surface area contributed by atoms with Gasteiger partial charge in [0.1, 0.15) is 0 Å². The largest absolute Gasteiger partial charge is 0.325 e. The summed E-state index contributed by atoms with van der Waals surface area (Å²) in [6.45, 7) is 0. The van der Waals surface area contributed by atoms with Gasteiger partial charge >= 0.3 is 0 Å². The molecule has 0 aromatic carbocycles. The first-order chi connectivity index (χ1) is 5.27. The average Bonchev–Trinajstić information content (AvgIpc) is 2.03. The van der Waals surface area contributed by atoms with E-state index in [1.54, 1.807) is 0 Å². The lowest BCUT2D eigenvalue weighted by Gasteiger charge is -2.32. The van der Waals surface area contributed by atoms with Gasteiger partial charge in [-0.15, -0.1) is 0 Å². The van der Waals surface area contributed by atoms with Crippen molar-refractivity contribution in [1.29, 1.82) is 5.26 Å². The van der Waals surface area contributed by atoms with Crippen molar-refractivity contribution in [1.82, 2.24) is 0 Å². The van der Waals surface area contributed by atoms with Gasteiger partial charge in [-0.05, 0) is 19.3 Å². The molecule has 0 spiro atoms. The number of rotatable bonds is 2. The van der Waals surface area contributed by atoms with Gasteiger partial charge < -0.3 is 5.73 Å². The number of hydrogen-bond donors (Lipinski definition) is 1. The van der Waals surface area contributed by atoms with E-state index in [9.17, 15) is 0 Å². The normalized spacial score (nSPS) is 22.5. The zero-order chi connectivity index (χ0) is 8.16. The van der Waals surface area contributed by atoms with E-state index in [0.717, 1.165) is 19.3 Å². The van der Waals surface area contributed by atoms with Gasteiger partial charge in [-0.1, -0.05) is 19.3 Å². The summed E-state index contributed by atoms with van der Waals surface area (Å²) in [5, 5.41) is 8.41. The van der Waals surface area contributed by atoms with E-state index in [4.69, 9.17) is 11.0 Å². The van der Waals surface area contributed by atoms with E-state index in [0.29, 0.717) is 6.42 Å². The molecule has 1 aliphatic rings. The first-order valence-electron chi connectivity index (χ1n) is 4.43. The Labute approximate surface area is 68.4 Å². The second kappa shape index (κ2) is 3.73. The van der Waals surface area contributed by atoms with Crippen LogP contribution in [0.5, 0.6) is 0 Å². The van der Waals surface area contributed by atoms with Crippen molar-refractivity contribution < 1.29 is 0 Å². The molecule has 0 aromatic heterocycles. The van der Waals surface area contributed by atoms with Crippen molar-refractivity contribution in [3.05, 3.63) is 0 Å². The SMILES string of the molecule is N#CCCC1(N)CCCCC1. The van der Waals surface area contributed by atoms with Gasteiger partial charge in [0.25, 0.3) is 0 Å². The minimum Gasteiger partial charge on any atom is -0.325 e. The third-order valence-electron chi connectivity index (χ3n) is 2.58. The molecule has 0 atom stereocenters. The van der Waals surface area contributed by atoms with Gasteiger partial charge in [0.2, 0.25) is 0 Å². The molecular weight excluding hydrogens is 136 g/mol. The summed E-state index contributed by atoms with van der Waals surface area (Å²) in [5.41, 5.74) is 6.10. The first kappa shape index (κ1) is 8.55. The Hall–Kier alpha value is -0.550. The molecule has 1 aliphatic carbocycles. The summed E-state index contributed by atoms with van der Waals surface area (Å²) < 4.78 is 0. The van der Waals surface area contributed by atoms with Crippen LogP contribution in [0.15, 0.2) is 0 Å². The summed E-state index contributed by atoms with van der Waals surface area (Å²) in [7, 11) is 0. The fraction of sp³-hybridized carbons (Fsp3) is 0.889. The highest BCUT2D eigenvalue weighted by Gasteiger charge is 2.26. The van der Waals surface area contributed by atoms with Gasteiger partial charge in [0.15, 0.2) is 0 Å². The summed E-state index contributed by atoms with van der Waals surface area (Å²) in [6.07, 6.45) is 7.58. The summed E-state index contributed by atoms with van der Waals surface area (Å²) in [4.78, 5) is 0. The van der Waals surface area contributed by atoms with Crippen LogP contribution >= 0.6 is 0 Å². The molecule has 11 heavy (non-hydrogen) atoms. The van der Waals surface area contributed by atoms with Crippen molar-refractivity contribution in [2.24, 2.45) is 5.73 Å². The Bertz CT molecular complexity index is 151. The van der Waals surface area contributed by atoms with Crippen LogP contribution in [0, 0.1) is 11.3 Å². The van der Waals surface area contributed by atoms with Crippen LogP contribution in [0.1, 0.15) is 44.9 Å². The molecule has 0 bridgehead atoms. The maximum absolute atomic E-state index is 8.41.